The molecule has 1 aromatic heterocycles. The molecule has 0 amide bonds. The molecule has 2 heterocycles. The van der Waals surface area contributed by atoms with Crippen LogP contribution in [0.1, 0.15) is 45.4 Å². The second-order valence-corrected chi connectivity index (χ2v) is 6.68. The van der Waals surface area contributed by atoms with Crippen molar-refractivity contribution in [1.82, 2.24) is 20.4 Å². The molecule has 6 nitrogen and oxygen atoms in total. The zero-order valence-electron chi connectivity index (χ0n) is 16.3. The van der Waals surface area contributed by atoms with Crippen molar-refractivity contribution in [2.45, 2.75) is 45.7 Å². The summed E-state index contributed by atoms with van der Waals surface area (Å²) >= 11 is 0. The minimum atomic E-state index is 0.260. The second kappa shape index (κ2) is 10.5. The van der Waals surface area contributed by atoms with Crippen molar-refractivity contribution in [3.05, 3.63) is 24.2 Å². The Bertz CT molecular complexity index is 492. The van der Waals surface area contributed by atoms with Crippen LogP contribution in [0.25, 0.3) is 0 Å². The maximum Gasteiger partial charge on any atom is 0.191 e. The van der Waals surface area contributed by atoms with Gasteiger partial charge in [0.1, 0.15) is 5.76 Å². The molecule has 25 heavy (non-hydrogen) atoms. The van der Waals surface area contributed by atoms with E-state index in [1.807, 2.05) is 13.1 Å². The number of furan rings is 1. The summed E-state index contributed by atoms with van der Waals surface area (Å²) in [6.45, 7) is 12.8. The van der Waals surface area contributed by atoms with Gasteiger partial charge in [0.15, 0.2) is 5.96 Å². The minimum absolute atomic E-state index is 0.260. The average Bonchev–Trinajstić information content (AvgIpc) is 3.33. The van der Waals surface area contributed by atoms with Crippen molar-refractivity contribution < 1.29 is 4.42 Å². The van der Waals surface area contributed by atoms with Crippen LogP contribution in [0.3, 0.4) is 0 Å². The quantitative estimate of drug-likeness (QED) is 0.529. The lowest BCUT2D eigenvalue weighted by atomic mass is 10.2. The summed E-state index contributed by atoms with van der Waals surface area (Å²) in [5.74, 6) is 1.89. The fourth-order valence-electron chi connectivity index (χ4n) is 3.58. The van der Waals surface area contributed by atoms with E-state index in [-0.39, 0.29) is 6.04 Å². The van der Waals surface area contributed by atoms with Gasteiger partial charge in [-0.3, -0.25) is 14.8 Å². The van der Waals surface area contributed by atoms with Crippen molar-refractivity contribution in [3.8, 4) is 0 Å². The topological polar surface area (TPSA) is 56.0 Å². The summed E-state index contributed by atoms with van der Waals surface area (Å²) in [4.78, 5) is 9.32. The Hall–Kier alpha value is -1.53. The Kier molecular flexibility index (Phi) is 8.28. The predicted octanol–water partition coefficient (Wildman–Crippen LogP) is 2.31. The molecule has 2 unspecified atom stereocenters. The van der Waals surface area contributed by atoms with Crippen molar-refractivity contribution >= 4 is 5.96 Å². The molecule has 1 saturated heterocycles. The number of aliphatic imine (C=N–C) groups is 1. The van der Waals surface area contributed by atoms with Crippen LogP contribution in [-0.2, 0) is 0 Å². The maximum absolute atomic E-state index is 5.68. The number of hydrogen-bond donors (Lipinski definition) is 2. The number of guanidine groups is 1. The van der Waals surface area contributed by atoms with E-state index in [0.717, 1.165) is 51.0 Å². The highest BCUT2D eigenvalue weighted by atomic mass is 16.3. The highest BCUT2D eigenvalue weighted by Gasteiger charge is 2.25. The van der Waals surface area contributed by atoms with E-state index in [4.69, 9.17) is 4.42 Å². The number of likely N-dealkylation sites (tertiary alicyclic amines) is 1. The molecule has 1 fully saturated rings. The smallest absolute Gasteiger partial charge is 0.191 e. The first kappa shape index (κ1) is 19.8. The Morgan fingerprint density at radius 2 is 1.92 bits per heavy atom. The fraction of sp³-hybridized carbons (Fsp3) is 0.737. The lowest BCUT2D eigenvalue weighted by molar-refractivity contribution is 0.214. The molecule has 0 saturated carbocycles. The number of rotatable bonds is 9. The Morgan fingerprint density at radius 1 is 1.24 bits per heavy atom. The molecule has 142 valence electrons. The zero-order chi connectivity index (χ0) is 18.1. The number of likely N-dealkylation sites (N-methyl/N-ethyl adjacent to an activating group) is 1. The molecule has 0 bridgehead atoms. The molecule has 1 aliphatic rings. The summed E-state index contributed by atoms with van der Waals surface area (Å²) in [6.07, 6.45) is 4.30. The highest BCUT2D eigenvalue weighted by Crippen LogP contribution is 2.24. The minimum Gasteiger partial charge on any atom is -0.468 e. The molecule has 0 radical (unpaired) electrons. The lowest BCUT2D eigenvalue weighted by Gasteiger charge is -2.29. The van der Waals surface area contributed by atoms with Gasteiger partial charge in [-0.1, -0.05) is 13.8 Å². The second-order valence-electron chi connectivity index (χ2n) is 6.68. The van der Waals surface area contributed by atoms with Gasteiger partial charge in [0.05, 0.1) is 12.3 Å². The monoisotopic (exact) mass is 349 g/mol. The fourth-order valence-corrected chi connectivity index (χ4v) is 3.58. The third kappa shape index (κ3) is 5.75. The van der Waals surface area contributed by atoms with Crippen LogP contribution in [-0.4, -0.2) is 68.1 Å². The van der Waals surface area contributed by atoms with Gasteiger partial charge in [0, 0.05) is 26.2 Å². The predicted molar refractivity (Wildman–Crippen MR) is 104 cm³/mol. The molecule has 2 rings (SSSR count). The van der Waals surface area contributed by atoms with Crippen LogP contribution < -0.4 is 10.6 Å². The third-order valence-electron chi connectivity index (χ3n) is 5.14. The van der Waals surface area contributed by atoms with Crippen molar-refractivity contribution in [3.63, 3.8) is 0 Å². The number of hydrogen-bond acceptors (Lipinski definition) is 4. The summed E-state index contributed by atoms with van der Waals surface area (Å²) in [5.41, 5.74) is 0. The van der Waals surface area contributed by atoms with Crippen LogP contribution in [0.5, 0.6) is 0 Å². The first-order valence-electron chi connectivity index (χ1n) is 9.65. The third-order valence-corrected chi connectivity index (χ3v) is 5.14. The van der Waals surface area contributed by atoms with Crippen LogP contribution in [0.15, 0.2) is 27.8 Å². The lowest BCUT2D eigenvalue weighted by Crippen LogP contribution is -2.47. The van der Waals surface area contributed by atoms with Crippen LogP contribution in [0.2, 0.25) is 0 Å². The maximum atomic E-state index is 5.68. The Labute approximate surface area is 152 Å². The molecule has 1 aliphatic heterocycles. The van der Waals surface area contributed by atoms with Gasteiger partial charge in [-0.25, -0.2) is 0 Å². The molecule has 1 aromatic rings. The molecule has 2 atom stereocenters. The van der Waals surface area contributed by atoms with Crippen LogP contribution in [0, 0.1) is 0 Å². The van der Waals surface area contributed by atoms with Crippen molar-refractivity contribution in [2.75, 3.05) is 46.3 Å². The summed E-state index contributed by atoms with van der Waals surface area (Å²) in [7, 11) is 1.83. The SMILES string of the molecule is CCN(CC)C(C)CNC(=NC)NCC(c1ccco1)N1CCCC1. The van der Waals surface area contributed by atoms with E-state index in [0.29, 0.717) is 6.04 Å². The Morgan fingerprint density at radius 3 is 2.48 bits per heavy atom. The van der Waals surface area contributed by atoms with Gasteiger partial charge in [-0.15, -0.1) is 0 Å². The van der Waals surface area contributed by atoms with E-state index in [2.05, 4.69) is 52.3 Å². The molecular weight excluding hydrogens is 314 g/mol. The standard InChI is InChI=1S/C19H35N5O/c1-5-23(6-2)16(3)14-21-19(20-4)22-15-17(18-10-9-13-25-18)24-11-7-8-12-24/h9-10,13,16-17H,5-8,11-12,14-15H2,1-4H3,(H2,20,21,22). The van der Waals surface area contributed by atoms with Crippen LogP contribution in [0.4, 0.5) is 0 Å². The average molecular weight is 350 g/mol. The van der Waals surface area contributed by atoms with Gasteiger partial charge in [-0.05, 0) is 58.1 Å². The molecule has 6 heteroatoms. The molecule has 0 aliphatic carbocycles. The van der Waals surface area contributed by atoms with E-state index >= 15 is 0 Å². The highest BCUT2D eigenvalue weighted by molar-refractivity contribution is 5.79. The summed E-state index contributed by atoms with van der Waals surface area (Å²) in [5, 5.41) is 6.94. The van der Waals surface area contributed by atoms with E-state index in [1.54, 1.807) is 6.26 Å². The normalized spacial score (nSPS) is 18.5. The number of nitrogens with one attached hydrogen (secondary N) is 2. The first-order chi connectivity index (χ1) is 12.2. The van der Waals surface area contributed by atoms with E-state index in [9.17, 15) is 0 Å². The largest absolute Gasteiger partial charge is 0.468 e. The molecule has 0 aromatic carbocycles. The van der Waals surface area contributed by atoms with Gasteiger partial charge >= 0.3 is 0 Å². The summed E-state index contributed by atoms with van der Waals surface area (Å²) < 4.78 is 5.68. The van der Waals surface area contributed by atoms with Crippen molar-refractivity contribution in [1.29, 1.82) is 0 Å². The number of nitrogens with zero attached hydrogens (tertiary/aromatic N) is 3. The molecule has 0 spiro atoms. The summed E-state index contributed by atoms with van der Waals surface area (Å²) in [6, 6.07) is 4.78. The van der Waals surface area contributed by atoms with Gasteiger partial charge < -0.3 is 15.1 Å². The van der Waals surface area contributed by atoms with Gasteiger partial charge in [0.2, 0.25) is 0 Å². The zero-order valence-corrected chi connectivity index (χ0v) is 16.3. The molecule has 2 N–H and O–H groups in total. The van der Waals surface area contributed by atoms with Gasteiger partial charge in [-0.2, -0.15) is 0 Å². The van der Waals surface area contributed by atoms with Gasteiger partial charge in [0.25, 0.3) is 0 Å². The van der Waals surface area contributed by atoms with Crippen LogP contribution >= 0.6 is 0 Å². The molecular formula is C19H35N5O. The van der Waals surface area contributed by atoms with Crippen molar-refractivity contribution in [2.24, 2.45) is 4.99 Å². The Balaban J connectivity index is 1.87. The first-order valence-corrected chi connectivity index (χ1v) is 9.65. The van der Waals surface area contributed by atoms with E-state index < -0.39 is 0 Å². The van der Waals surface area contributed by atoms with E-state index in [1.165, 1.54) is 12.8 Å².